The standard InChI is InChI=1S/C18H31N3O5.HI/c1-19-18(20-7-6-8-26-10-9-22-2)21-13-14-11-16(24-4)17(25-5)12-15(14)23-3;/h11-12H,6-10,13H2,1-5H3,(H2,19,20,21);1H. The number of hydrogen-bond donors (Lipinski definition) is 2. The monoisotopic (exact) mass is 497 g/mol. The Labute approximate surface area is 179 Å². The highest BCUT2D eigenvalue weighted by molar-refractivity contribution is 14.0. The maximum absolute atomic E-state index is 5.44. The summed E-state index contributed by atoms with van der Waals surface area (Å²) in [5.41, 5.74) is 0.941. The summed E-state index contributed by atoms with van der Waals surface area (Å²) >= 11 is 0. The second-order valence-electron chi connectivity index (χ2n) is 5.33. The van der Waals surface area contributed by atoms with E-state index in [-0.39, 0.29) is 24.0 Å². The van der Waals surface area contributed by atoms with Gasteiger partial charge in [0, 0.05) is 45.5 Å². The molecule has 1 aromatic rings. The van der Waals surface area contributed by atoms with Gasteiger partial charge in [-0.3, -0.25) is 4.99 Å². The SMILES string of the molecule is CN=C(NCCCOCCOC)NCc1cc(OC)c(OC)cc1OC.I. The van der Waals surface area contributed by atoms with Crippen LogP contribution in [0.25, 0.3) is 0 Å². The van der Waals surface area contributed by atoms with Crippen LogP contribution >= 0.6 is 24.0 Å². The number of hydrogen-bond acceptors (Lipinski definition) is 6. The van der Waals surface area contributed by atoms with Crippen LogP contribution < -0.4 is 24.8 Å². The lowest BCUT2D eigenvalue weighted by Gasteiger charge is -2.16. The molecule has 0 aliphatic carbocycles. The van der Waals surface area contributed by atoms with Gasteiger partial charge in [-0.2, -0.15) is 0 Å². The van der Waals surface area contributed by atoms with Gasteiger partial charge in [-0.25, -0.2) is 0 Å². The van der Waals surface area contributed by atoms with Crippen LogP contribution in [0.3, 0.4) is 0 Å². The summed E-state index contributed by atoms with van der Waals surface area (Å²) in [6, 6.07) is 3.70. The van der Waals surface area contributed by atoms with Crippen molar-refractivity contribution >= 4 is 29.9 Å². The molecule has 27 heavy (non-hydrogen) atoms. The van der Waals surface area contributed by atoms with Gasteiger partial charge in [0.2, 0.25) is 0 Å². The predicted molar refractivity (Wildman–Crippen MR) is 117 cm³/mol. The van der Waals surface area contributed by atoms with E-state index >= 15 is 0 Å². The van der Waals surface area contributed by atoms with E-state index in [9.17, 15) is 0 Å². The average Bonchev–Trinajstić information content (AvgIpc) is 2.68. The lowest BCUT2D eigenvalue weighted by atomic mass is 10.1. The molecular formula is C18H32IN3O5. The summed E-state index contributed by atoms with van der Waals surface area (Å²) in [4.78, 5) is 4.22. The number of rotatable bonds is 12. The van der Waals surface area contributed by atoms with Crippen molar-refractivity contribution in [2.45, 2.75) is 13.0 Å². The average molecular weight is 497 g/mol. The number of benzene rings is 1. The summed E-state index contributed by atoms with van der Waals surface area (Å²) in [7, 11) is 8.22. The van der Waals surface area contributed by atoms with E-state index in [1.165, 1.54) is 0 Å². The number of ether oxygens (including phenoxy) is 5. The fraction of sp³-hybridized carbons (Fsp3) is 0.611. The normalized spacial score (nSPS) is 10.8. The fourth-order valence-electron chi connectivity index (χ4n) is 2.26. The predicted octanol–water partition coefficient (Wildman–Crippen LogP) is 2.05. The first-order chi connectivity index (χ1) is 12.7. The van der Waals surface area contributed by atoms with Crippen LogP contribution in [-0.2, 0) is 16.0 Å². The highest BCUT2D eigenvalue weighted by atomic mass is 127. The first-order valence-corrected chi connectivity index (χ1v) is 8.50. The topological polar surface area (TPSA) is 82.6 Å². The van der Waals surface area contributed by atoms with E-state index in [0.29, 0.717) is 43.8 Å². The van der Waals surface area contributed by atoms with E-state index in [4.69, 9.17) is 23.7 Å². The Hall–Kier alpha value is -1.46. The summed E-state index contributed by atoms with van der Waals surface area (Å²) in [5.74, 6) is 2.71. The quantitative estimate of drug-likeness (QED) is 0.198. The van der Waals surface area contributed by atoms with Crippen molar-refractivity contribution in [2.24, 2.45) is 4.99 Å². The molecule has 156 valence electrons. The van der Waals surface area contributed by atoms with Crippen LogP contribution in [0, 0.1) is 0 Å². The Morgan fingerprint density at radius 3 is 2.15 bits per heavy atom. The first kappa shape index (κ1) is 25.5. The van der Waals surface area contributed by atoms with Crippen molar-refractivity contribution in [3.63, 3.8) is 0 Å². The minimum atomic E-state index is 0. The summed E-state index contributed by atoms with van der Waals surface area (Å²) < 4.78 is 26.4. The zero-order chi connectivity index (χ0) is 19.2. The third-order valence-corrected chi connectivity index (χ3v) is 3.65. The van der Waals surface area contributed by atoms with Crippen molar-refractivity contribution in [3.8, 4) is 17.2 Å². The highest BCUT2D eigenvalue weighted by Crippen LogP contribution is 2.34. The molecule has 9 heteroatoms. The van der Waals surface area contributed by atoms with Crippen molar-refractivity contribution in [2.75, 3.05) is 61.9 Å². The van der Waals surface area contributed by atoms with Gasteiger partial charge in [0.1, 0.15) is 5.75 Å². The van der Waals surface area contributed by atoms with Crippen molar-refractivity contribution in [3.05, 3.63) is 17.7 Å². The number of nitrogens with one attached hydrogen (secondary N) is 2. The second kappa shape index (κ2) is 15.6. The van der Waals surface area contributed by atoms with E-state index < -0.39 is 0 Å². The third-order valence-electron chi connectivity index (χ3n) is 3.65. The van der Waals surface area contributed by atoms with Crippen LogP contribution in [0.4, 0.5) is 0 Å². The highest BCUT2D eigenvalue weighted by Gasteiger charge is 2.12. The van der Waals surface area contributed by atoms with Crippen molar-refractivity contribution in [1.29, 1.82) is 0 Å². The van der Waals surface area contributed by atoms with E-state index in [1.54, 1.807) is 35.5 Å². The summed E-state index contributed by atoms with van der Waals surface area (Å²) in [6.45, 7) is 3.20. The van der Waals surface area contributed by atoms with E-state index in [1.807, 2.05) is 12.1 Å². The molecule has 1 aromatic carbocycles. The van der Waals surface area contributed by atoms with Gasteiger partial charge in [-0.05, 0) is 12.5 Å². The zero-order valence-electron chi connectivity index (χ0n) is 16.8. The molecule has 0 aliphatic rings. The molecule has 0 bridgehead atoms. The molecule has 0 saturated heterocycles. The third kappa shape index (κ3) is 9.34. The summed E-state index contributed by atoms with van der Waals surface area (Å²) in [5, 5.41) is 6.51. The van der Waals surface area contributed by atoms with Crippen molar-refractivity contribution in [1.82, 2.24) is 10.6 Å². The molecule has 0 spiro atoms. The Morgan fingerprint density at radius 2 is 1.56 bits per heavy atom. The molecule has 8 nitrogen and oxygen atoms in total. The Morgan fingerprint density at radius 1 is 0.889 bits per heavy atom. The molecule has 0 aromatic heterocycles. The van der Waals surface area contributed by atoms with Crippen LogP contribution in [0.1, 0.15) is 12.0 Å². The Kier molecular flexibility index (Phi) is 14.7. The molecule has 0 amide bonds. The molecule has 1 rings (SSSR count). The number of aliphatic imine (C=N–C) groups is 1. The minimum Gasteiger partial charge on any atom is -0.496 e. The lowest BCUT2D eigenvalue weighted by Crippen LogP contribution is -2.37. The van der Waals surface area contributed by atoms with Gasteiger partial charge < -0.3 is 34.3 Å². The molecule has 0 saturated carbocycles. The minimum absolute atomic E-state index is 0. The number of halogens is 1. The smallest absolute Gasteiger partial charge is 0.191 e. The Bertz CT molecular complexity index is 558. The van der Waals surface area contributed by atoms with Crippen LogP contribution in [0.2, 0.25) is 0 Å². The van der Waals surface area contributed by atoms with Crippen LogP contribution in [0.5, 0.6) is 17.2 Å². The van der Waals surface area contributed by atoms with Crippen LogP contribution in [0.15, 0.2) is 17.1 Å². The van der Waals surface area contributed by atoms with Gasteiger partial charge in [0.15, 0.2) is 17.5 Å². The van der Waals surface area contributed by atoms with Gasteiger partial charge in [0.05, 0.1) is 34.5 Å². The lowest BCUT2D eigenvalue weighted by molar-refractivity contribution is 0.0698. The summed E-state index contributed by atoms with van der Waals surface area (Å²) in [6.07, 6.45) is 0.879. The second-order valence-corrected chi connectivity index (χ2v) is 5.33. The van der Waals surface area contributed by atoms with Crippen LogP contribution in [-0.4, -0.2) is 67.8 Å². The van der Waals surface area contributed by atoms with Gasteiger partial charge in [-0.1, -0.05) is 0 Å². The number of methoxy groups -OCH3 is 4. The van der Waals surface area contributed by atoms with Gasteiger partial charge in [-0.15, -0.1) is 24.0 Å². The largest absolute Gasteiger partial charge is 0.496 e. The first-order valence-electron chi connectivity index (χ1n) is 8.50. The zero-order valence-corrected chi connectivity index (χ0v) is 19.1. The molecule has 0 atom stereocenters. The molecule has 0 radical (unpaired) electrons. The maximum atomic E-state index is 5.44. The number of nitrogens with zero attached hydrogens (tertiary/aromatic N) is 1. The molecule has 2 N–H and O–H groups in total. The molecule has 0 heterocycles. The maximum Gasteiger partial charge on any atom is 0.191 e. The van der Waals surface area contributed by atoms with Gasteiger partial charge >= 0.3 is 0 Å². The molecule has 0 fully saturated rings. The van der Waals surface area contributed by atoms with E-state index in [2.05, 4.69) is 15.6 Å². The Balaban J connectivity index is 0.00000676. The van der Waals surface area contributed by atoms with Crippen molar-refractivity contribution < 1.29 is 23.7 Å². The molecule has 0 aliphatic heterocycles. The fourth-order valence-corrected chi connectivity index (χ4v) is 2.26. The molecule has 0 unspecified atom stereocenters. The van der Waals surface area contributed by atoms with Gasteiger partial charge in [0.25, 0.3) is 0 Å². The number of guanidine groups is 1. The van der Waals surface area contributed by atoms with E-state index in [0.717, 1.165) is 24.3 Å². The molecular weight excluding hydrogens is 465 g/mol.